The summed E-state index contributed by atoms with van der Waals surface area (Å²) in [6.45, 7) is 6.13. The van der Waals surface area contributed by atoms with Crippen molar-refractivity contribution >= 4 is 12.1 Å². The van der Waals surface area contributed by atoms with Gasteiger partial charge in [-0.15, -0.1) is 0 Å². The van der Waals surface area contributed by atoms with Gasteiger partial charge in [0.15, 0.2) is 0 Å². The number of methoxy groups -OCH3 is 1. The van der Waals surface area contributed by atoms with Gasteiger partial charge in [-0.05, 0) is 40.2 Å². The molecule has 1 aliphatic heterocycles. The van der Waals surface area contributed by atoms with E-state index in [1.54, 1.807) is 20.8 Å². The summed E-state index contributed by atoms with van der Waals surface area (Å²) in [7, 11) is 1.34. The van der Waals surface area contributed by atoms with Crippen LogP contribution in [0.25, 0.3) is 0 Å². The van der Waals surface area contributed by atoms with E-state index < -0.39 is 17.7 Å². The molecule has 18 heavy (non-hydrogen) atoms. The van der Waals surface area contributed by atoms with Crippen LogP contribution in [-0.4, -0.2) is 43.4 Å². The van der Waals surface area contributed by atoms with Crippen molar-refractivity contribution in [3.8, 4) is 0 Å². The third-order valence-electron chi connectivity index (χ3n) is 2.62. The molecule has 1 heterocycles. The van der Waals surface area contributed by atoms with Gasteiger partial charge in [0.2, 0.25) is 0 Å². The number of hydrogen-bond acceptors (Lipinski definition) is 5. The van der Waals surface area contributed by atoms with Gasteiger partial charge in [0.1, 0.15) is 11.6 Å². The van der Waals surface area contributed by atoms with E-state index in [1.807, 2.05) is 0 Å². The van der Waals surface area contributed by atoms with Gasteiger partial charge in [-0.3, -0.25) is 4.79 Å². The minimum absolute atomic E-state index is 0.291. The molecule has 2 N–H and O–H groups in total. The van der Waals surface area contributed by atoms with Gasteiger partial charge in [-0.25, -0.2) is 4.79 Å². The number of amides is 1. The molecule has 1 amide bonds. The van der Waals surface area contributed by atoms with Crippen molar-refractivity contribution in [2.45, 2.75) is 51.3 Å². The molecule has 0 bridgehead atoms. The molecule has 6 heteroatoms. The maximum absolute atomic E-state index is 11.7. The highest BCUT2D eigenvalue weighted by Gasteiger charge is 2.33. The van der Waals surface area contributed by atoms with E-state index in [0.29, 0.717) is 0 Å². The van der Waals surface area contributed by atoms with Crippen molar-refractivity contribution in [1.82, 2.24) is 10.6 Å². The van der Waals surface area contributed by atoms with Crippen LogP contribution in [0.2, 0.25) is 0 Å². The lowest BCUT2D eigenvalue weighted by molar-refractivity contribution is -0.144. The Hall–Kier alpha value is -1.30. The molecular formula is C12H22N2O4. The summed E-state index contributed by atoms with van der Waals surface area (Å²) < 4.78 is 9.88. The second-order valence-corrected chi connectivity index (χ2v) is 5.35. The summed E-state index contributed by atoms with van der Waals surface area (Å²) in [4.78, 5) is 23.2. The third kappa shape index (κ3) is 4.52. The minimum Gasteiger partial charge on any atom is -0.468 e. The number of piperidine rings is 1. The molecule has 0 unspecified atom stereocenters. The summed E-state index contributed by atoms with van der Waals surface area (Å²) in [6, 6.07) is -0.794. The quantitative estimate of drug-likeness (QED) is 0.717. The summed E-state index contributed by atoms with van der Waals surface area (Å²) in [5.74, 6) is -0.365. The van der Waals surface area contributed by atoms with Gasteiger partial charge < -0.3 is 20.1 Å². The van der Waals surface area contributed by atoms with Gasteiger partial charge in [0.05, 0.1) is 13.2 Å². The maximum Gasteiger partial charge on any atom is 0.407 e. The van der Waals surface area contributed by atoms with Crippen LogP contribution in [0.5, 0.6) is 0 Å². The van der Waals surface area contributed by atoms with Gasteiger partial charge in [0, 0.05) is 0 Å². The zero-order valence-electron chi connectivity index (χ0n) is 11.4. The number of alkyl carbamates (subject to hydrolysis) is 1. The Morgan fingerprint density at radius 1 is 1.33 bits per heavy atom. The Morgan fingerprint density at radius 3 is 2.56 bits per heavy atom. The van der Waals surface area contributed by atoms with E-state index in [4.69, 9.17) is 9.47 Å². The molecule has 0 saturated carbocycles. The van der Waals surface area contributed by atoms with Gasteiger partial charge >= 0.3 is 12.1 Å². The van der Waals surface area contributed by atoms with Crippen molar-refractivity contribution in [3.63, 3.8) is 0 Å². The SMILES string of the molecule is COC(=O)[C@H]1NCCC[C@H]1NC(=O)OC(C)(C)C. The lowest BCUT2D eigenvalue weighted by atomic mass is 9.99. The van der Waals surface area contributed by atoms with Crippen molar-refractivity contribution in [2.24, 2.45) is 0 Å². The topological polar surface area (TPSA) is 76.7 Å². The molecule has 0 aromatic heterocycles. The van der Waals surface area contributed by atoms with Gasteiger partial charge in [-0.2, -0.15) is 0 Å². The van der Waals surface area contributed by atoms with E-state index in [1.165, 1.54) is 7.11 Å². The average molecular weight is 258 g/mol. The lowest BCUT2D eigenvalue weighted by Gasteiger charge is -2.31. The van der Waals surface area contributed by atoms with Crippen molar-refractivity contribution < 1.29 is 19.1 Å². The second-order valence-electron chi connectivity index (χ2n) is 5.35. The molecule has 0 aliphatic carbocycles. The van der Waals surface area contributed by atoms with Gasteiger partial charge in [-0.1, -0.05) is 0 Å². The zero-order chi connectivity index (χ0) is 13.8. The first-order chi connectivity index (χ1) is 8.33. The normalized spacial score (nSPS) is 24.2. The monoisotopic (exact) mass is 258 g/mol. The Balaban J connectivity index is 2.57. The van der Waals surface area contributed by atoms with Crippen molar-refractivity contribution in [1.29, 1.82) is 0 Å². The number of carbonyl (C=O) groups is 2. The van der Waals surface area contributed by atoms with Crippen LogP contribution in [-0.2, 0) is 14.3 Å². The van der Waals surface area contributed by atoms with E-state index in [9.17, 15) is 9.59 Å². The molecule has 2 atom stereocenters. The van der Waals surface area contributed by atoms with E-state index in [0.717, 1.165) is 19.4 Å². The summed E-state index contributed by atoms with van der Waals surface area (Å²) in [5, 5.41) is 5.76. The van der Waals surface area contributed by atoms with Crippen LogP contribution in [0.4, 0.5) is 4.79 Å². The maximum atomic E-state index is 11.7. The Labute approximate surface area is 107 Å². The van der Waals surface area contributed by atoms with E-state index in [2.05, 4.69) is 10.6 Å². The van der Waals surface area contributed by atoms with Crippen molar-refractivity contribution in [2.75, 3.05) is 13.7 Å². The highest BCUT2D eigenvalue weighted by Crippen LogP contribution is 2.12. The summed E-state index contributed by atoms with van der Waals surface area (Å²) >= 11 is 0. The number of esters is 1. The van der Waals surface area contributed by atoms with Crippen LogP contribution >= 0.6 is 0 Å². The Bertz CT molecular complexity index is 312. The fourth-order valence-corrected chi connectivity index (χ4v) is 1.88. The first-order valence-corrected chi connectivity index (χ1v) is 6.14. The fraction of sp³-hybridized carbons (Fsp3) is 0.833. The highest BCUT2D eigenvalue weighted by atomic mass is 16.6. The summed E-state index contributed by atoms with van der Waals surface area (Å²) in [5.41, 5.74) is -0.549. The molecule has 1 rings (SSSR count). The van der Waals surface area contributed by atoms with Crippen LogP contribution in [0.1, 0.15) is 33.6 Å². The molecule has 1 aliphatic rings. The smallest absolute Gasteiger partial charge is 0.407 e. The third-order valence-corrected chi connectivity index (χ3v) is 2.62. The molecule has 0 radical (unpaired) electrons. The number of carbonyl (C=O) groups excluding carboxylic acids is 2. The number of ether oxygens (including phenoxy) is 2. The van der Waals surface area contributed by atoms with Crippen LogP contribution in [0.15, 0.2) is 0 Å². The predicted molar refractivity (Wildman–Crippen MR) is 66.2 cm³/mol. The minimum atomic E-state index is -0.549. The molecule has 1 fully saturated rings. The van der Waals surface area contributed by atoms with Crippen LogP contribution in [0, 0.1) is 0 Å². The fourth-order valence-electron chi connectivity index (χ4n) is 1.88. The number of hydrogen-bond donors (Lipinski definition) is 2. The Morgan fingerprint density at radius 2 is 2.00 bits per heavy atom. The van der Waals surface area contributed by atoms with E-state index >= 15 is 0 Å². The zero-order valence-corrected chi connectivity index (χ0v) is 11.4. The largest absolute Gasteiger partial charge is 0.468 e. The first-order valence-electron chi connectivity index (χ1n) is 6.14. The first kappa shape index (κ1) is 14.8. The summed E-state index contributed by atoms with van der Waals surface area (Å²) in [6.07, 6.45) is 1.12. The molecular weight excluding hydrogens is 236 g/mol. The molecule has 6 nitrogen and oxygen atoms in total. The van der Waals surface area contributed by atoms with Crippen LogP contribution < -0.4 is 10.6 Å². The van der Waals surface area contributed by atoms with Crippen molar-refractivity contribution in [3.05, 3.63) is 0 Å². The second kappa shape index (κ2) is 6.04. The van der Waals surface area contributed by atoms with Gasteiger partial charge in [0.25, 0.3) is 0 Å². The average Bonchev–Trinajstić information content (AvgIpc) is 2.26. The van der Waals surface area contributed by atoms with E-state index in [-0.39, 0.29) is 12.0 Å². The lowest BCUT2D eigenvalue weighted by Crippen LogP contribution is -2.57. The highest BCUT2D eigenvalue weighted by molar-refractivity contribution is 5.78. The molecule has 0 aromatic rings. The number of nitrogens with one attached hydrogen (secondary N) is 2. The molecule has 0 aromatic carbocycles. The standard InChI is InChI=1S/C12H22N2O4/c1-12(2,3)18-11(16)14-8-6-5-7-13-9(8)10(15)17-4/h8-9,13H,5-7H2,1-4H3,(H,14,16)/t8-,9+/m1/s1. The molecule has 104 valence electrons. The Kier molecular flexibility index (Phi) is 4.95. The number of rotatable bonds is 2. The molecule has 0 spiro atoms. The predicted octanol–water partition coefficient (Wildman–Crippen LogP) is 0.805. The van der Waals surface area contributed by atoms with Crippen LogP contribution in [0.3, 0.4) is 0 Å². The molecule has 1 saturated heterocycles.